The van der Waals surface area contributed by atoms with Crippen molar-refractivity contribution in [1.82, 2.24) is 9.78 Å². The summed E-state index contributed by atoms with van der Waals surface area (Å²) >= 11 is 0. The number of rotatable bonds is 4. The van der Waals surface area contributed by atoms with Gasteiger partial charge in [0.25, 0.3) is 0 Å². The van der Waals surface area contributed by atoms with Crippen molar-refractivity contribution < 1.29 is 13.9 Å². The SMILES string of the molecule is O=c1oc2ccccc2c(O)c1C1=Nc2ccccc2CC(c2cn(-c3ccccc3)nc2-c2ccc(F)cc2)C1. The quantitative estimate of drug-likeness (QED) is 0.237. The summed E-state index contributed by atoms with van der Waals surface area (Å²) in [5.41, 5.74) is 5.22. The van der Waals surface area contributed by atoms with Gasteiger partial charge < -0.3 is 9.52 Å². The lowest BCUT2D eigenvalue weighted by Gasteiger charge is -2.17. The van der Waals surface area contributed by atoms with E-state index >= 15 is 0 Å². The van der Waals surface area contributed by atoms with E-state index in [1.807, 2.05) is 65.5 Å². The number of aromatic nitrogens is 2. The number of hydrogen-bond acceptors (Lipinski definition) is 5. The molecule has 0 amide bonds. The molecule has 1 N–H and O–H groups in total. The molecule has 0 spiro atoms. The summed E-state index contributed by atoms with van der Waals surface area (Å²) in [5.74, 6) is -0.637. The molecule has 1 aliphatic heterocycles. The predicted molar refractivity (Wildman–Crippen MR) is 157 cm³/mol. The molecule has 2 aromatic heterocycles. The van der Waals surface area contributed by atoms with E-state index in [0.717, 1.165) is 28.1 Å². The molecule has 41 heavy (non-hydrogen) atoms. The molecule has 0 fully saturated rings. The third-order valence-corrected chi connectivity index (χ3v) is 7.55. The largest absolute Gasteiger partial charge is 0.506 e. The Morgan fingerprint density at radius 1 is 0.854 bits per heavy atom. The second-order valence-electron chi connectivity index (χ2n) is 10.1. The zero-order valence-electron chi connectivity index (χ0n) is 21.9. The van der Waals surface area contributed by atoms with Gasteiger partial charge in [0.1, 0.15) is 22.7 Å². The molecule has 7 heteroatoms. The fraction of sp³-hybridized carbons (Fsp3) is 0.0882. The van der Waals surface area contributed by atoms with Gasteiger partial charge in [-0.1, -0.05) is 48.5 Å². The Hall–Kier alpha value is -5.30. The van der Waals surface area contributed by atoms with E-state index in [-0.39, 0.29) is 23.0 Å². The normalized spacial score (nSPS) is 14.9. The molecular weight excluding hydrogens is 517 g/mol. The van der Waals surface area contributed by atoms with Crippen molar-refractivity contribution in [2.75, 3.05) is 0 Å². The van der Waals surface area contributed by atoms with Crippen molar-refractivity contribution >= 4 is 22.4 Å². The molecule has 4 aromatic carbocycles. The smallest absolute Gasteiger partial charge is 0.349 e. The van der Waals surface area contributed by atoms with Gasteiger partial charge in [0.2, 0.25) is 0 Å². The molecule has 7 rings (SSSR count). The predicted octanol–water partition coefficient (Wildman–Crippen LogP) is 7.34. The van der Waals surface area contributed by atoms with Crippen molar-refractivity contribution in [3.8, 4) is 22.7 Å². The fourth-order valence-corrected chi connectivity index (χ4v) is 5.55. The van der Waals surface area contributed by atoms with E-state index in [2.05, 4.69) is 0 Å². The van der Waals surface area contributed by atoms with Crippen LogP contribution in [-0.2, 0) is 6.42 Å². The van der Waals surface area contributed by atoms with Crippen LogP contribution in [0.1, 0.15) is 29.0 Å². The van der Waals surface area contributed by atoms with Crippen molar-refractivity contribution in [3.05, 3.63) is 142 Å². The minimum absolute atomic E-state index is 0.0594. The summed E-state index contributed by atoms with van der Waals surface area (Å²) in [4.78, 5) is 18.2. The fourth-order valence-electron chi connectivity index (χ4n) is 5.55. The Morgan fingerprint density at radius 3 is 2.41 bits per heavy atom. The van der Waals surface area contributed by atoms with Gasteiger partial charge in [-0.15, -0.1) is 0 Å². The molecule has 6 nitrogen and oxygen atoms in total. The average molecular weight is 542 g/mol. The summed E-state index contributed by atoms with van der Waals surface area (Å²) in [6, 6.07) is 30.8. The number of aliphatic imine (C=N–C) groups is 1. The number of halogens is 1. The summed E-state index contributed by atoms with van der Waals surface area (Å²) in [6.07, 6.45) is 2.96. The standard InChI is InChI=1S/C34H24FN3O3/c35-24-16-14-21(15-17-24)32-27(20-38(37-32)25-9-2-1-3-10-25)23-18-22-8-4-6-12-28(22)36-29(19-23)31-33(39)26-11-5-7-13-30(26)41-34(31)40/h1-17,20,23,39H,18-19H2. The number of hydrogen-bond donors (Lipinski definition) is 1. The molecule has 3 heterocycles. The summed E-state index contributed by atoms with van der Waals surface area (Å²) < 4.78 is 21.3. The van der Waals surface area contributed by atoms with Gasteiger partial charge >= 0.3 is 5.63 Å². The van der Waals surface area contributed by atoms with Gasteiger partial charge in [-0.2, -0.15) is 5.10 Å². The molecule has 0 saturated carbocycles. The van der Waals surface area contributed by atoms with Gasteiger partial charge in [-0.05, 0) is 78.9 Å². The van der Waals surface area contributed by atoms with Crippen molar-refractivity contribution in [3.63, 3.8) is 0 Å². The number of nitrogens with zero attached hydrogens (tertiary/aromatic N) is 3. The van der Waals surface area contributed by atoms with E-state index in [1.165, 1.54) is 12.1 Å². The van der Waals surface area contributed by atoms with Crippen molar-refractivity contribution in [2.24, 2.45) is 4.99 Å². The first-order valence-electron chi connectivity index (χ1n) is 13.4. The molecule has 200 valence electrons. The first kappa shape index (κ1) is 24.7. The Morgan fingerprint density at radius 2 is 1.59 bits per heavy atom. The van der Waals surface area contributed by atoms with Crippen LogP contribution in [0.4, 0.5) is 10.1 Å². The van der Waals surface area contributed by atoms with E-state index < -0.39 is 5.63 Å². The van der Waals surface area contributed by atoms with Crippen molar-refractivity contribution in [2.45, 2.75) is 18.8 Å². The topological polar surface area (TPSA) is 80.6 Å². The van der Waals surface area contributed by atoms with Crippen molar-refractivity contribution in [1.29, 1.82) is 0 Å². The first-order valence-corrected chi connectivity index (χ1v) is 13.4. The minimum Gasteiger partial charge on any atom is -0.506 e. The molecule has 1 aliphatic rings. The second kappa shape index (κ2) is 10.0. The highest BCUT2D eigenvalue weighted by Gasteiger charge is 2.29. The van der Waals surface area contributed by atoms with E-state index in [9.17, 15) is 14.3 Å². The van der Waals surface area contributed by atoms with Crippen LogP contribution in [-0.4, -0.2) is 20.6 Å². The molecule has 0 radical (unpaired) electrons. The molecule has 0 bridgehead atoms. The Balaban J connectivity index is 1.42. The highest BCUT2D eigenvalue weighted by molar-refractivity contribution is 6.07. The first-order chi connectivity index (χ1) is 20.0. The monoisotopic (exact) mass is 541 g/mol. The minimum atomic E-state index is -0.642. The number of aromatic hydroxyl groups is 1. The van der Waals surface area contributed by atoms with E-state index in [1.54, 1.807) is 36.4 Å². The Labute approximate surface area is 234 Å². The zero-order chi connectivity index (χ0) is 27.9. The van der Waals surface area contributed by atoms with Gasteiger partial charge in [0, 0.05) is 17.3 Å². The summed E-state index contributed by atoms with van der Waals surface area (Å²) in [5, 5.41) is 16.7. The number of fused-ring (bicyclic) bond motifs is 2. The number of para-hydroxylation sites is 3. The van der Waals surface area contributed by atoms with Crippen LogP contribution in [0.3, 0.4) is 0 Å². The Kier molecular flexibility index (Phi) is 6.04. The third-order valence-electron chi connectivity index (χ3n) is 7.55. The molecular formula is C34H24FN3O3. The van der Waals surface area contributed by atoms with Crippen LogP contribution in [0.25, 0.3) is 27.9 Å². The van der Waals surface area contributed by atoms with Crippen LogP contribution >= 0.6 is 0 Å². The van der Waals surface area contributed by atoms with Crippen LogP contribution in [0.15, 0.2) is 124 Å². The highest BCUT2D eigenvalue weighted by atomic mass is 19.1. The van der Waals surface area contributed by atoms with Gasteiger partial charge in [-0.3, -0.25) is 4.99 Å². The molecule has 1 atom stereocenters. The maximum atomic E-state index is 13.9. The maximum absolute atomic E-state index is 13.9. The van der Waals surface area contributed by atoms with Crippen LogP contribution in [0.2, 0.25) is 0 Å². The number of benzene rings is 4. The summed E-state index contributed by atoms with van der Waals surface area (Å²) in [6.45, 7) is 0. The zero-order valence-corrected chi connectivity index (χ0v) is 21.9. The lowest BCUT2D eigenvalue weighted by atomic mass is 9.86. The van der Waals surface area contributed by atoms with E-state index in [4.69, 9.17) is 14.5 Å². The lowest BCUT2D eigenvalue weighted by molar-refractivity contribution is 0.465. The van der Waals surface area contributed by atoms with Gasteiger partial charge in [0.15, 0.2) is 0 Å². The molecule has 0 aliphatic carbocycles. The van der Waals surface area contributed by atoms with Crippen LogP contribution < -0.4 is 5.63 Å². The molecule has 1 unspecified atom stereocenters. The average Bonchev–Trinajstić information content (AvgIpc) is 3.35. The van der Waals surface area contributed by atoms with E-state index in [0.29, 0.717) is 35.2 Å². The van der Waals surface area contributed by atoms with Gasteiger partial charge in [0.05, 0.1) is 28.2 Å². The molecule has 0 saturated heterocycles. The maximum Gasteiger partial charge on any atom is 0.349 e. The summed E-state index contributed by atoms with van der Waals surface area (Å²) in [7, 11) is 0. The van der Waals surface area contributed by atoms with Crippen LogP contribution in [0, 0.1) is 5.82 Å². The lowest BCUT2D eigenvalue weighted by Crippen LogP contribution is -2.18. The third kappa shape index (κ3) is 4.51. The van der Waals surface area contributed by atoms with Gasteiger partial charge in [-0.25, -0.2) is 13.9 Å². The molecule has 6 aromatic rings. The Bertz CT molecular complexity index is 1990. The van der Waals surface area contributed by atoms with Crippen LogP contribution in [0.5, 0.6) is 5.75 Å². The second-order valence-corrected chi connectivity index (χ2v) is 10.1. The highest BCUT2D eigenvalue weighted by Crippen LogP contribution is 2.40.